The van der Waals surface area contributed by atoms with Gasteiger partial charge >= 0.3 is 5.97 Å². The van der Waals surface area contributed by atoms with Crippen molar-refractivity contribution in [1.29, 1.82) is 0 Å². The minimum atomic E-state index is -1.07. The number of hydrogen-bond acceptors (Lipinski definition) is 3. The zero-order valence-electron chi connectivity index (χ0n) is 11.5. The molecule has 0 aromatic carbocycles. The Morgan fingerprint density at radius 1 is 1.33 bits per heavy atom. The van der Waals surface area contributed by atoms with Crippen molar-refractivity contribution >= 4 is 11.9 Å². The molecule has 0 bridgehead atoms. The molecule has 1 saturated carbocycles. The van der Waals surface area contributed by atoms with E-state index in [2.05, 4.69) is 5.32 Å². The third-order valence-electron chi connectivity index (χ3n) is 3.44. The van der Waals surface area contributed by atoms with Gasteiger partial charge in [0.2, 0.25) is 5.91 Å². The molecular formula is C13H23NO4. The van der Waals surface area contributed by atoms with Crippen molar-refractivity contribution in [2.75, 3.05) is 7.11 Å². The molecule has 0 radical (unpaired) electrons. The minimum absolute atomic E-state index is 0.0339. The van der Waals surface area contributed by atoms with Gasteiger partial charge in [-0.15, -0.1) is 0 Å². The van der Waals surface area contributed by atoms with Crippen LogP contribution in [-0.2, 0) is 14.3 Å². The lowest BCUT2D eigenvalue weighted by Crippen LogP contribution is -2.46. The van der Waals surface area contributed by atoms with Crippen LogP contribution in [0.3, 0.4) is 0 Å². The summed E-state index contributed by atoms with van der Waals surface area (Å²) in [6, 6.07) is 0.0339. The lowest BCUT2D eigenvalue weighted by molar-refractivity contribution is -0.151. The van der Waals surface area contributed by atoms with Gasteiger partial charge in [-0.3, -0.25) is 9.59 Å². The second-order valence-electron chi connectivity index (χ2n) is 6.01. The standard InChI is InChI=1S/C13H23NO4/c1-13(2,3)10(12(16)17)11(15)14-8-5-6-9(7-8)18-4/h8-10H,5-7H2,1-4H3,(H,14,15)(H,16,17). The summed E-state index contributed by atoms with van der Waals surface area (Å²) in [6.45, 7) is 5.29. The highest BCUT2D eigenvalue weighted by Crippen LogP contribution is 2.28. The first-order valence-electron chi connectivity index (χ1n) is 6.31. The fourth-order valence-corrected chi connectivity index (χ4v) is 2.45. The molecule has 1 amide bonds. The number of rotatable bonds is 4. The Bertz CT molecular complexity index is 321. The predicted molar refractivity (Wildman–Crippen MR) is 67.2 cm³/mol. The van der Waals surface area contributed by atoms with Gasteiger partial charge in [-0.25, -0.2) is 0 Å². The Kier molecular flexibility index (Phi) is 4.73. The van der Waals surface area contributed by atoms with Gasteiger partial charge in [0.1, 0.15) is 5.92 Å². The predicted octanol–water partition coefficient (Wildman–Crippen LogP) is 1.42. The number of nitrogens with one attached hydrogen (secondary N) is 1. The lowest BCUT2D eigenvalue weighted by Gasteiger charge is -2.27. The summed E-state index contributed by atoms with van der Waals surface area (Å²) in [4.78, 5) is 23.2. The Balaban J connectivity index is 2.61. The lowest BCUT2D eigenvalue weighted by atomic mass is 9.80. The zero-order chi connectivity index (χ0) is 13.9. The summed E-state index contributed by atoms with van der Waals surface area (Å²) < 4.78 is 5.23. The molecule has 1 rings (SSSR count). The van der Waals surface area contributed by atoms with Crippen LogP contribution in [0, 0.1) is 11.3 Å². The van der Waals surface area contributed by atoms with E-state index in [1.807, 2.05) is 0 Å². The van der Waals surface area contributed by atoms with Crippen LogP contribution < -0.4 is 5.32 Å². The molecule has 104 valence electrons. The van der Waals surface area contributed by atoms with E-state index in [1.165, 1.54) is 0 Å². The van der Waals surface area contributed by atoms with E-state index in [9.17, 15) is 9.59 Å². The van der Waals surface area contributed by atoms with Gasteiger partial charge in [0.25, 0.3) is 0 Å². The van der Waals surface area contributed by atoms with E-state index >= 15 is 0 Å². The van der Waals surface area contributed by atoms with Crippen molar-refractivity contribution in [3.8, 4) is 0 Å². The molecule has 0 aromatic rings. The van der Waals surface area contributed by atoms with Gasteiger partial charge in [0.05, 0.1) is 6.10 Å². The van der Waals surface area contributed by atoms with Gasteiger partial charge in [-0.05, 0) is 24.7 Å². The van der Waals surface area contributed by atoms with Crippen LogP contribution in [0.4, 0.5) is 0 Å². The van der Waals surface area contributed by atoms with Gasteiger partial charge < -0.3 is 15.2 Å². The molecule has 1 fully saturated rings. The van der Waals surface area contributed by atoms with E-state index in [0.717, 1.165) is 19.3 Å². The number of hydrogen-bond donors (Lipinski definition) is 2. The maximum Gasteiger partial charge on any atom is 0.316 e. The summed E-state index contributed by atoms with van der Waals surface area (Å²) in [5.41, 5.74) is -0.588. The Morgan fingerprint density at radius 3 is 2.33 bits per heavy atom. The van der Waals surface area contributed by atoms with Gasteiger partial charge in [0.15, 0.2) is 0 Å². The highest BCUT2D eigenvalue weighted by molar-refractivity contribution is 5.97. The first-order valence-corrected chi connectivity index (χ1v) is 6.31. The van der Waals surface area contributed by atoms with Crippen LogP contribution in [0.1, 0.15) is 40.0 Å². The molecule has 3 atom stereocenters. The molecule has 0 spiro atoms. The monoisotopic (exact) mass is 257 g/mol. The molecule has 18 heavy (non-hydrogen) atoms. The second kappa shape index (κ2) is 5.69. The van der Waals surface area contributed by atoms with Crippen molar-refractivity contribution in [2.45, 2.75) is 52.2 Å². The topological polar surface area (TPSA) is 75.6 Å². The molecule has 5 nitrogen and oxygen atoms in total. The second-order valence-corrected chi connectivity index (χ2v) is 6.01. The molecule has 2 N–H and O–H groups in total. The molecule has 0 aromatic heterocycles. The maximum absolute atomic E-state index is 12.0. The van der Waals surface area contributed by atoms with Crippen molar-refractivity contribution in [2.24, 2.45) is 11.3 Å². The van der Waals surface area contributed by atoms with Gasteiger partial charge in [-0.2, -0.15) is 0 Å². The number of methoxy groups -OCH3 is 1. The molecular weight excluding hydrogens is 234 g/mol. The summed E-state index contributed by atoms with van der Waals surface area (Å²) in [6.07, 6.45) is 2.70. The summed E-state index contributed by atoms with van der Waals surface area (Å²) in [7, 11) is 1.66. The summed E-state index contributed by atoms with van der Waals surface area (Å²) in [5, 5.41) is 12.0. The van der Waals surface area contributed by atoms with Crippen LogP contribution >= 0.6 is 0 Å². The molecule has 0 heterocycles. The third-order valence-corrected chi connectivity index (χ3v) is 3.44. The Morgan fingerprint density at radius 2 is 1.94 bits per heavy atom. The molecule has 5 heteroatoms. The largest absolute Gasteiger partial charge is 0.481 e. The van der Waals surface area contributed by atoms with Gasteiger partial charge in [0, 0.05) is 13.2 Å². The van der Waals surface area contributed by atoms with Crippen molar-refractivity contribution < 1.29 is 19.4 Å². The number of carboxylic acids is 1. The van der Waals surface area contributed by atoms with E-state index in [4.69, 9.17) is 9.84 Å². The fourth-order valence-electron chi connectivity index (χ4n) is 2.45. The number of carbonyl (C=O) groups is 2. The number of carbonyl (C=O) groups excluding carboxylic acids is 1. The molecule has 0 aliphatic heterocycles. The van der Waals surface area contributed by atoms with E-state index < -0.39 is 23.2 Å². The van der Waals surface area contributed by atoms with E-state index in [1.54, 1.807) is 27.9 Å². The highest BCUT2D eigenvalue weighted by Gasteiger charge is 2.39. The average Bonchev–Trinajstić information content (AvgIpc) is 2.62. The number of amides is 1. The molecule has 0 saturated heterocycles. The summed E-state index contributed by atoms with van der Waals surface area (Å²) in [5.74, 6) is -2.47. The molecule has 3 unspecified atom stereocenters. The Labute approximate surface area is 108 Å². The van der Waals surface area contributed by atoms with Crippen LogP contribution in [0.5, 0.6) is 0 Å². The number of ether oxygens (including phenoxy) is 1. The zero-order valence-corrected chi connectivity index (χ0v) is 11.5. The first-order chi connectivity index (χ1) is 8.25. The number of aliphatic carboxylic acids is 1. The molecule has 1 aliphatic rings. The fraction of sp³-hybridized carbons (Fsp3) is 0.846. The molecule has 1 aliphatic carbocycles. The van der Waals surface area contributed by atoms with Crippen LogP contribution in [0.2, 0.25) is 0 Å². The van der Waals surface area contributed by atoms with E-state index in [0.29, 0.717) is 0 Å². The summed E-state index contributed by atoms with van der Waals surface area (Å²) >= 11 is 0. The highest BCUT2D eigenvalue weighted by atomic mass is 16.5. The average molecular weight is 257 g/mol. The van der Waals surface area contributed by atoms with Crippen molar-refractivity contribution in [3.05, 3.63) is 0 Å². The number of carboxylic acid groups (broad SMARTS) is 1. The van der Waals surface area contributed by atoms with Crippen molar-refractivity contribution in [3.63, 3.8) is 0 Å². The van der Waals surface area contributed by atoms with Crippen LogP contribution in [0.25, 0.3) is 0 Å². The van der Waals surface area contributed by atoms with Crippen LogP contribution in [0.15, 0.2) is 0 Å². The normalized spacial score (nSPS) is 25.8. The van der Waals surface area contributed by atoms with Crippen LogP contribution in [-0.4, -0.2) is 36.2 Å². The maximum atomic E-state index is 12.0. The quantitative estimate of drug-likeness (QED) is 0.747. The van der Waals surface area contributed by atoms with Gasteiger partial charge in [-0.1, -0.05) is 20.8 Å². The third kappa shape index (κ3) is 3.70. The first kappa shape index (κ1) is 15.0. The Hall–Kier alpha value is -1.10. The van der Waals surface area contributed by atoms with E-state index in [-0.39, 0.29) is 12.1 Å². The van der Waals surface area contributed by atoms with Crippen molar-refractivity contribution in [1.82, 2.24) is 5.32 Å². The smallest absolute Gasteiger partial charge is 0.316 e. The SMILES string of the molecule is COC1CCC(NC(=O)C(C(=O)O)C(C)(C)C)C1. The minimum Gasteiger partial charge on any atom is -0.481 e.